The summed E-state index contributed by atoms with van der Waals surface area (Å²) in [7, 11) is 0. The standard InChI is InChI=1S/C6H14N2/c7-4-6-2-1-3-8-5-6/h6,8H,1-5,7H2/p+2/t6-/m0/s1. The van der Waals surface area contributed by atoms with Gasteiger partial charge in [0.05, 0.1) is 25.6 Å². The minimum atomic E-state index is 0.920. The van der Waals surface area contributed by atoms with Crippen molar-refractivity contribution in [1.82, 2.24) is 0 Å². The number of rotatable bonds is 1. The summed E-state index contributed by atoms with van der Waals surface area (Å²) >= 11 is 0. The summed E-state index contributed by atoms with van der Waals surface area (Å²) in [5.41, 5.74) is 3.89. The smallest absolute Gasteiger partial charge is 0.0838 e. The van der Waals surface area contributed by atoms with Gasteiger partial charge < -0.3 is 11.1 Å². The molecule has 2 nitrogen and oxygen atoms in total. The highest BCUT2D eigenvalue weighted by molar-refractivity contribution is 4.56. The summed E-state index contributed by atoms with van der Waals surface area (Å²) in [6.45, 7) is 3.80. The first kappa shape index (κ1) is 6.05. The zero-order valence-corrected chi connectivity index (χ0v) is 5.40. The van der Waals surface area contributed by atoms with E-state index in [1.165, 1.54) is 25.9 Å². The second kappa shape index (κ2) is 3.05. The van der Waals surface area contributed by atoms with E-state index in [9.17, 15) is 0 Å². The molecule has 0 radical (unpaired) electrons. The lowest BCUT2D eigenvalue weighted by molar-refractivity contribution is -0.672. The molecule has 1 heterocycles. The van der Waals surface area contributed by atoms with Crippen molar-refractivity contribution in [3.63, 3.8) is 0 Å². The Balaban J connectivity index is 2.13. The van der Waals surface area contributed by atoms with Gasteiger partial charge in [-0.25, -0.2) is 0 Å². The van der Waals surface area contributed by atoms with E-state index in [1.54, 1.807) is 0 Å². The van der Waals surface area contributed by atoms with E-state index in [1.807, 2.05) is 0 Å². The molecule has 1 fully saturated rings. The summed E-state index contributed by atoms with van der Waals surface area (Å²) in [6, 6.07) is 0. The summed E-state index contributed by atoms with van der Waals surface area (Å²) in [4.78, 5) is 0. The van der Waals surface area contributed by atoms with Gasteiger partial charge in [0.15, 0.2) is 0 Å². The highest BCUT2D eigenvalue weighted by Gasteiger charge is 2.14. The van der Waals surface area contributed by atoms with Crippen LogP contribution in [-0.2, 0) is 0 Å². The van der Waals surface area contributed by atoms with E-state index >= 15 is 0 Å². The molecule has 1 aliphatic heterocycles. The Morgan fingerprint density at radius 2 is 2.50 bits per heavy atom. The topological polar surface area (TPSA) is 44.2 Å². The second-order valence-corrected chi connectivity index (χ2v) is 2.61. The molecule has 0 unspecified atom stereocenters. The Morgan fingerprint density at radius 1 is 1.62 bits per heavy atom. The van der Waals surface area contributed by atoms with Crippen molar-refractivity contribution >= 4 is 0 Å². The molecule has 1 saturated heterocycles. The van der Waals surface area contributed by atoms with E-state index in [2.05, 4.69) is 11.1 Å². The molecule has 1 rings (SSSR count). The first-order valence-corrected chi connectivity index (χ1v) is 3.54. The molecule has 0 saturated carbocycles. The quantitative estimate of drug-likeness (QED) is 0.406. The first-order valence-electron chi connectivity index (χ1n) is 3.54. The predicted octanol–water partition coefficient (Wildman–Crippen LogP) is -1.80. The van der Waals surface area contributed by atoms with Gasteiger partial charge in [-0.15, -0.1) is 0 Å². The third kappa shape index (κ3) is 1.46. The van der Waals surface area contributed by atoms with Crippen molar-refractivity contribution in [2.75, 3.05) is 19.6 Å². The molecule has 8 heavy (non-hydrogen) atoms. The molecule has 0 aromatic heterocycles. The molecule has 48 valence electrons. The largest absolute Gasteiger partial charge is 0.357 e. The predicted molar refractivity (Wildman–Crippen MR) is 32.1 cm³/mol. The summed E-state index contributed by atoms with van der Waals surface area (Å²) in [5, 5.41) is 2.40. The Kier molecular flexibility index (Phi) is 2.30. The third-order valence-corrected chi connectivity index (χ3v) is 1.93. The van der Waals surface area contributed by atoms with Gasteiger partial charge in [-0.2, -0.15) is 0 Å². The Bertz CT molecular complexity index is 57.5. The van der Waals surface area contributed by atoms with E-state index in [0.717, 1.165) is 12.5 Å². The molecular weight excluding hydrogens is 100 g/mol. The van der Waals surface area contributed by atoms with Crippen molar-refractivity contribution in [3.8, 4) is 0 Å². The average Bonchev–Trinajstić information content (AvgIpc) is 1.90. The summed E-state index contributed by atoms with van der Waals surface area (Å²) in [6.07, 6.45) is 2.82. The van der Waals surface area contributed by atoms with E-state index in [0.29, 0.717) is 0 Å². The van der Waals surface area contributed by atoms with Crippen LogP contribution in [0.1, 0.15) is 12.8 Å². The Morgan fingerprint density at radius 3 is 2.88 bits per heavy atom. The number of quaternary nitrogens is 2. The molecule has 1 atom stereocenters. The van der Waals surface area contributed by atoms with E-state index < -0.39 is 0 Å². The lowest BCUT2D eigenvalue weighted by atomic mass is 10.0. The van der Waals surface area contributed by atoms with Gasteiger partial charge in [-0.05, 0) is 12.8 Å². The van der Waals surface area contributed by atoms with Crippen molar-refractivity contribution in [2.24, 2.45) is 5.92 Å². The van der Waals surface area contributed by atoms with Crippen LogP contribution in [0.15, 0.2) is 0 Å². The molecule has 0 aromatic rings. The van der Waals surface area contributed by atoms with Crippen LogP contribution in [-0.4, -0.2) is 19.6 Å². The highest BCUT2D eigenvalue weighted by atomic mass is 14.9. The van der Waals surface area contributed by atoms with Gasteiger partial charge >= 0.3 is 0 Å². The van der Waals surface area contributed by atoms with Crippen LogP contribution in [0.3, 0.4) is 0 Å². The first-order chi connectivity index (χ1) is 3.93. The maximum atomic E-state index is 3.89. The van der Waals surface area contributed by atoms with Gasteiger partial charge in [0.25, 0.3) is 0 Å². The fraction of sp³-hybridized carbons (Fsp3) is 1.00. The van der Waals surface area contributed by atoms with Crippen LogP contribution in [0.25, 0.3) is 0 Å². The maximum Gasteiger partial charge on any atom is 0.0838 e. The van der Waals surface area contributed by atoms with Crippen LogP contribution >= 0.6 is 0 Å². The lowest BCUT2D eigenvalue weighted by Gasteiger charge is -2.15. The van der Waals surface area contributed by atoms with Gasteiger partial charge in [-0.3, -0.25) is 0 Å². The molecule has 1 aliphatic rings. The molecule has 0 spiro atoms. The number of nitrogens with two attached hydrogens (primary N) is 1. The summed E-state index contributed by atoms with van der Waals surface area (Å²) in [5.74, 6) is 0.920. The Labute approximate surface area is 50.4 Å². The van der Waals surface area contributed by atoms with Crippen LogP contribution < -0.4 is 11.1 Å². The van der Waals surface area contributed by atoms with Gasteiger partial charge in [0.2, 0.25) is 0 Å². The molecule has 5 N–H and O–H groups in total. The van der Waals surface area contributed by atoms with Gasteiger partial charge in [-0.1, -0.05) is 0 Å². The zero-order chi connectivity index (χ0) is 5.82. The zero-order valence-electron chi connectivity index (χ0n) is 5.40. The van der Waals surface area contributed by atoms with E-state index in [4.69, 9.17) is 0 Å². The number of piperidine rings is 1. The maximum absolute atomic E-state index is 3.89. The Hall–Kier alpha value is -0.0800. The van der Waals surface area contributed by atoms with Crippen LogP contribution in [0.2, 0.25) is 0 Å². The van der Waals surface area contributed by atoms with Gasteiger partial charge in [0, 0.05) is 0 Å². The minimum Gasteiger partial charge on any atom is -0.357 e. The minimum absolute atomic E-state index is 0.920. The monoisotopic (exact) mass is 116 g/mol. The van der Waals surface area contributed by atoms with Crippen LogP contribution in [0.5, 0.6) is 0 Å². The lowest BCUT2D eigenvalue weighted by Crippen LogP contribution is -2.88. The second-order valence-electron chi connectivity index (χ2n) is 2.61. The highest BCUT2D eigenvalue weighted by Crippen LogP contribution is 2.01. The fourth-order valence-electron chi connectivity index (χ4n) is 1.28. The molecule has 0 amide bonds. The van der Waals surface area contributed by atoms with Crippen molar-refractivity contribution in [2.45, 2.75) is 12.8 Å². The molecular formula is C6H16N2+2. The number of hydrogen-bond acceptors (Lipinski definition) is 0. The SMILES string of the molecule is [NH3+]C[C@@H]1CCC[NH2+]C1. The average molecular weight is 116 g/mol. The van der Waals surface area contributed by atoms with Gasteiger partial charge in [0.1, 0.15) is 0 Å². The number of hydrogen-bond donors (Lipinski definition) is 2. The molecule has 0 bridgehead atoms. The van der Waals surface area contributed by atoms with Crippen molar-refractivity contribution < 1.29 is 11.1 Å². The van der Waals surface area contributed by atoms with Crippen LogP contribution in [0.4, 0.5) is 0 Å². The molecule has 2 heteroatoms. The fourth-order valence-corrected chi connectivity index (χ4v) is 1.28. The van der Waals surface area contributed by atoms with Crippen molar-refractivity contribution in [3.05, 3.63) is 0 Å². The normalized spacial score (nSPS) is 30.4. The molecule has 0 aromatic carbocycles. The van der Waals surface area contributed by atoms with E-state index in [-0.39, 0.29) is 0 Å². The van der Waals surface area contributed by atoms with Crippen molar-refractivity contribution in [1.29, 1.82) is 0 Å². The molecule has 0 aliphatic carbocycles. The third-order valence-electron chi connectivity index (χ3n) is 1.93. The summed E-state index contributed by atoms with van der Waals surface area (Å²) < 4.78 is 0. The van der Waals surface area contributed by atoms with Crippen LogP contribution in [0, 0.1) is 5.92 Å².